The summed E-state index contributed by atoms with van der Waals surface area (Å²) in [4.78, 5) is 29.3. The third kappa shape index (κ3) is 3.12. The first kappa shape index (κ1) is 16.8. The summed E-state index contributed by atoms with van der Waals surface area (Å²) < 4.78 is 5.57. The highest BCUT2D eigenvalue weighted by Gasteiger charge is 2.33. The molecule has 1 aliphatic rings. The van der Waals surface area contributed by atoms with Gasteiger partial charge in [0.2, 0.25) is 5.89 Å². The fourth-order valence-corrected chi connectivity index (χ4v) is 2.94. The number of hydrogen-bond acceptors (Lipinski definition) is 4. The number of aromatic nitrogens is 1. The molecule has 126 valence electrons. The van der Waals surface area contributed by atoms with Crippen LogP contribution in [0, 0.1) is 12.8 Å². The first-order valence-electron chi connectivity index (χ1n) is 7.31. The Balaban J connectivity index is 1.85. The maximum atomic E-state index is 12.6. The van der Waals surface area contributed by atoms with Gasteiger partial charge in [-0.15, -0.1) is 0 Å². The topological polar surface area (TPSA) is 83.6 Å². The summed E-state index contributed by atoms with van der Waals surface area (Å²) >= 11 is 11.9. The van der Waals surface area contributed by atoms with Gasteiger partial charge in [0.05, 0.1) is 16.0 Å². The number of carbonyl (C=O) groups is 2. The van der Waals surface area contributed by atoms with Gasteiger partial charge in [0.25, 0.3) is 5.91 Å². The van der Waals surface area contributed by atoms with E-state index in [1.165, 1.54) is 4.90 Å². The van der Waals surface area contributed by atoms with Crippen LogP contribution in [-0.2, 0) is 4.79 Å². The normalized spacial score (nSPS) is 17.3. The highest BCUT2D eigenvalue weighted by Crippen LogP contribution is 2.30. The molecule has 2 aromatic rings. The van der Waals surface area contributed by atoms with Crippen LogP contribution in [-0.4, -0.2) is 40.0 Å². The number of carboxylic acid groups (broad SMARTS) is 1. The highest BCUT2D eigenvalue weighted by molar-refractivity contribution is 6.42. The summed E-state index contributed by atoms with van der Waals surface area (Å²) in [6.45, 7) is 2.22. The van der Waals surface area contributed by atoms with Crippen molar-refractivity contribution in [3.8, 4) is 11.5 Å². The monoisotopic (exact) mass is 368 g/mol. The van der Waals surface area contributed by atoms with E-state index in [9.17, 15) is 9.59 Å². The maximum Gasteiger partial charge on any atom is 0.308 e. The van der Waals surface area contributed by atoms with Crippen molar-refractivity contribution >= 4 is 35.1 Å². The summed E-state index contributed by atoms with van der Waals surface area (Å²) in [6.07, 6.45) is 0.442. The molecule has 0 saturated carbocycles. The zero-order valence-electron chi connectivity index (χ0n) is 12.8. The smallest absolute Gasteiger partial charge is 0.308 e. The fourth-order valence-electron chi connectivity index (χ4n) is 2.64. The van der Waals surface area contributed by atoms with Crippen molar-refractivity contribution in [1.82, 2.24) is 9.88 Å². The molecule has 0 spiro atoms. The third-order valence-corrected chi connectivity index (χ3v) is 4.73. The number of benzene rings is 1. The summed E-state index contributed by atoms with van der Waals surface area (Å²) in [6, 6.07) is 4.93. The lowest BCUT2D eigenvalue weighted by Crippen LogP contribution is -2.30. The summed E-state index contributed by atoms with van der Waals surface area (Å²) in [5.41, 5.74) is 0.790. The minimum Gasteiger partial charge on any atom is -0.481 e. The van der Waals surface area contributed by atoms with E-state index in [1.54, 1.807) is 25.1 Å². The van der Waals surface area contributed by atoms with Crippen LogP contribution in [0.5, 0.6) is 0 Å². The predicted octanol–water partition coefficient (Wildman–Crippen LogP) is 3.50. The molecule has 2 heterocycles. The molecule has 1 aliphatic heterocycles. The number of nitrogens with zero attached hydrogens (tertiary/aromatic N) is 2. The van der Waals surface area contributed by atoms with Gasteiger partial charge in [0.1, 0.15) is 5.76 Å². The second-order valence-corrected chi connectivity index (χ2v) is 6.44. The molecule has 1 unspecified atom stereocenters. The number of carbonyl (C=O) groups excluding carboxylic acids is 1. The number of hydrogen-bond donors (Lipinski definition) is 1. The molecule has 1 saturated heterocycles. The zero-order valence-corrected chi connectivity index (χ0v) is 14.3. The molecule has 1 atom stereocenters. The molecular weight excluding hydrogens is 355 g/mol. The standard InChI is InChI=1S/C16H14Cl2N2O4/c1-8-13(15(21)20-5-4-10(7-20)16(22)23)19-14(24-8)9-2-3-11(17)12(18)6-9/h2-3,6,10H,4-5,7H2,1H3,(H,22,23). The van der Waals surface area contributed by atoms with E-state index in [1.807, 2.05) is 0 Å². The van der Waals surface area contributed by atoms with E-state index in [2.05, 4.69) is 4.98 Å². The van der Waals surface area contributed by atoms with E-state index in [0.717, 1.165) is 0 Å². The van der Waals surface area contributed by atoms with Crippen LogP contribution in [0.3, 0.4) is 0 Å². The van der Waals surface area contributed by atoms with Crippen LogP contribution < -0.4 is 0 Å². The molecule has 0 radical (unpaired) electrons. The summed E-state index contributed by atoms with van der Waals surface area (Å²) in [7, 11) is 0. The minimum atomic E-state index is -0.890. The molecule has 0 bridgehead atoms. The lowest BCUT2D eigenvalue weighted by atomic mass is 10.1. The zero-order chi connectivity index (χ0) is 17.4. The van der Waals surface area contributed by atoms with Crippen molar-refractivity contribution in [2.24, 2.45) is 5.92 Å². The predicted molar refractivity (Wildman–Crippen MR) is 88.3 cm³/mol. The highest BCUT2D eigenvalue weighted by atomic mass is 35.5. The molecule has 3 rings (SSSR count). The largest absolute Gasteiger partial charge is 0.481 e. The molecule has 8 heteroatoms. The molecular formula is C16H14Cl2N2O4. The van der Waals surface area contributed by atoms with Crippen molar-refractivity contribution in [1.29, 1.82) is 0 Å². The van der Waals surface area contributed by atoms with Crippen molar-refractivity contribution in [2.45, 2.75) is 13.3 Å². The van der Waals surface area contributed by atoms with E-state index in [0.29, 0.717) is 34.3 Å². The number of halogens is 2. The van der Waals surface area contributed by atoms with Crippen LogP contribution in [0.2, 0.25) is 10.0 Å². The first-order chi connectivity index (χ1) is 11.4. The number of oxazole rings is 1. The van der Waals surface area contributed by atoms with Gasteiger partial charge in [-0.2, -0.15) is 0 Å². The lowest BCUT2D eigenvalue weighted by molar-refractivity contribution is -0.141. The number of carboxylic acids is 1. The molecule has 1 N–H and O–H groups in total. The average Bonchev–Trinajstić information content (AvgIpc) is 3.16. The van der Waals surface area contributed by atoms with E-state index in [4.69, 9.17) is 32.7 Å². The van der Waals surface area contributed by atoms with Gasteiger partial charge < -0.3 is 14.4 Å². The Morgan fingerprint density at radius 1 is 1.33 bits per heavy atom. The molecule has 1 aromatic carbocycles. The summed E-state index contributed by atoms with van der Waals surface area (Å²) in [5, 5.41) is 9.82. The summed E-state index contributed by atoms with van der Waals surface area (Å²) in [5.74, 6) is -1.11. The van der Waals surface area contributed by atoms with Gasteiger partial charge in [-0.05, 0) is 31.5 Å². The van der Waals surface area contributed by atoms with Crippen molar-refractivity contribution < 1.29 is 19.1 Å². The first-order valence-corrected chi connectivity index (χ1v) is 8.07. The van der Waals surface area contributed by atoms with E-state index in [-0.39, 0.29) is 24.0 Å². The van der Waals surface area contributed by atoms with Crippen LogP contribution in [0.15, 0.2) is 22.6 Å². The van der Waals surface area contributed by atoms with E-state index >= 15 is 0 Å². The number of rotatable bonds is 3. The lowest BCUT2D eigenvalue weighted by Gasteiger charge is -2.14. The van der Waals surface area contributed by atoms with Crippen LogP contribution >= 0.6 is 23.2 Å². The Morgan fingerprint density at radius 3 is 2.71 bits per heavy atom. The number of aliphatic carboxylic acids is 1. The molecule has 1 aromatic heterocycles. The van der Waals surface area contributed by atoms with Gasteiger partial charge in [0.15, 0.2) is 5.69 Å². The molecule has 24 heavy (non-hydrogen) atoms. The Kier molecular flexibility index (Phi) is 4.51. The van der Waals surface area contributed by atoms with Gasteiger partial charge in [-0.25, -0.2) is 4.98 Å². The van der Waals surface area contributed by atoms with Gasteiger partial charge in [-0.1, -0.05) is 23.2 Å². The Morgan fingerprint density at radius 2 is 2.08 bits per heavy atom. The van der Waals surface area contributed by atoms with E-state index < -0.39 is 11.9 Å². The van der Waals surface area contributed by atoms with Gasteiger partial charge in [-0.3, -0.25) is 9.59 Å². The second-order valence-electron chi connectivity index (χ2n) is 5.63. The molecule has 1 amide bonds. The van der Waals surface area contributed by atoms with Gasteiger partial charge >= 0.3 is 5.97 Å². The molecule has 1 fully saturated rings. The number of likely N-dealkylation sites (tertiary alicyclic amines) is 1. The number of amides is 1. The quantitative estimate of drug-likeness (QED) is 0.895. The molecule has 6 nitrogen and oxygen atoms in total. The van der Waals surface area contributed by atoms with Crippen LogP contribution in [0.4, 0.5) is 0 Å². The number of aryl methyl sites for hydroxylation is 1. The Bertz CT molecular complexity index is 818. The van der Waals surface area contributed by atoms with Gasteiger partial charge in [0, 0.05) is 18.7 Å². The third-order valence-electron chi connectivity index (χ3n) is 3.99. The minimum absolute atomic E-state index is 0.183. The van der Waals surface area contributed by atoms with Crippen molar-refractivity contribution in [3.63, 3.8) is 0 Å². The Hall–Kier alpha value is -2.05. The SMILES string of the molecule is Cc1oc(-c2ccc(Cl)c(Cl)c2)nc1C(=O)N1CCC(C(=O)O)C1. The van der Waals surface area contributed by atoms with Crippen molar-refractivity contribution in [3.05, 3.63) is 39.7 Å². The van der Waals surface area contributed by atoms with Crippen molar-refractivity contribution in [2.75, 3.05) is 13.1 Å². The van der Waals surface area contributed by atoms with Crippen LogP contribution in [0.25, 0.3) is 11.5 Å². The maximum absolute atomic E-state index is 12.6. The fraction of sp³-hybridized carbons (Fsp3) is 0.312. The molecule has 0 aliphatic carbocycles. The second kappa shape index (κ2) is 6.45. The average molecular weight is 369 g/mol. The van der Waals surface area contributed by atoms with Crippen LogP contribution in [0.1, 0.15) is 22.7 Å². The Labute approximate surface area is 148 Å².